The van der Waals surface area contributed by atoms with Gasteiger partial charge in [-0.05, 0) is 36.4 Å². The van der Waals surface area contributed by atoms with Gasteiger partial charge >= 0.3 is 0 Å². The summed E-state index contributed by atoms with van der Waals surface area (Å²) in [6, 6.07) is 10.3. The third-order valence-electron chi connectivity index (χ3n) is 5.64. The fourth-order valence-corrected chi connectivity index (χ4v) is 3.73. The lowest BCUT2D eigenvalue weighted by molar-refractivity contribution is 0.0637. The number of hydrogen-bond donors (Lipinski definition) is 1. The van der Waals surface area contributed by atoms with E-state index in [1.54, 1.807) is 43.5 Å². The van der Waals surface area contributed by atoms with Crippen LogP contribution >= 0.6 is 0 Å². The second-order valence-corrected chi connectivity index (χ2v) is 7.53. The largest absolute Gasteiger partial charge is 0.497 e. The summed E-state index contributed by atoms with van der Waals surface area (Å²) in [5.74, 6) is 1.87. The van der Waals surface area contributed by atoms with E-state index in [0.717, 1.165) is 13.1 Å². The van der Waals surface area contributed by atoms with Gasteiger partial charge in [0, 0.05) is 50.4 Å². The van der Waals surface area contributed by atoms with E-state index in [1.807, 2.05) is 4.90 Å². The quantitative estimate of drug-likeness (QED) is 0.615. The Hall–Kier alpha value is -3.46. The molecule has 3 rings (SSSR count). The molecular weight excluding hydrogens is 426 g/mol. The van der Waals surface area contributed by atoms with Crippen LogP contribution in [0.25, 0.3) is 0 Å². The molecule has 1 aliphatic heterocycles. The van der Waals surface area contributed by atoms with Crippen molar-refractivity contribution in [2.24, 2.45) is 0 Å². The summed E-state index contributed by atoms with van der Waals surface area (Å²) in [6.07, 6.45) is 0. The Morgan fingerprint density at radius 3 is 1.94 bits per heavy atom. The van der Waals surface area contributed by atoms with Crippen LogP contribution in [0.4, 0.5) is 0 Å². The number of nitrogens with zero attached hydrogens (tertiary/aromatic N) is 2. The van der Waals surface area contributed by atoms with Crippen molar-refractivity contribution in [2.45, 2.75) is 0 Å². The van der Waals surface area contributed by atoms with Crippen LogP contribution in [0.15, 0.2) is 36.4 Å². The molecule has 1 heterocycles. The maximum absolute atomic E-state index is 13.0. The highest BCUT2D eigenvalue weighted by Gasteiger charge is 2.24. The fourth-order valence-electron chi connectivity index (χ4n) is 3.73. The van der Waals surface area contributed by atoms with Gasteiger partial charge in [0.1, 0.15) is 5.75 Å². The number of ether oxygens (including phenoxy) is 4. The molecule has 0 radical (unpaired) electrons. The van der Waals surface area contributed by atoms with Crippen LogP contribution in [-0.4, -0.2) is 89.3 Å². The van der Waals surface area contributed by atoms with Gasteiger partial charge in [-0.15, -0.1) is 0 Å². The fraction of sp³-hybridized carbons (Fsp3) is 0.417. The van der Waals surface area contributed by atoms with Crippen LogP contribution in [0.5, 0.6) is 23.0 Å². The average molecular weight is 458 g/mol. The second-order valence-electron chi connectivity index (χ2n) is 7.53. The normalized spacial score (nSPS) is 13.9. The minimum absolute atomic E-state index is 0.0817. The number of nitrogens with one attached hydrogen (secondary N) is 1. The Balaban J connectivity index is 1.49. The molecule has 0 saturated carbocycles. The van der Waals surface area contributed by atoms with Crippen molar-refractivity contribution in [1.29, 1.82) is 0 Å². The molecular formula is C24H31N3O6. The summed E-state index contributed by atoms with van der Waals surface area (Å²) in [5.41, 5.74) is 1.08. The van der Waals surface area contributed by atoms with Gasteiger partial charge in [-0.2, -0.15) is 0 Å². The molecule has 1 saturated heterocycles. The highest BCUT2D eigenvalue weighted by molar-refractivity contribution is 5.96. The first kappa shape index (κ1) is 24.2. The number of piperazine rings is 1. The van der Waals surface area contributed by atoms with Crippen LogP contribution in [-0.2, 0) is 0 Å². The number of hydrogen-bond acceptors (Lipinski definition) is 7. The molecule has 0 aromatic heterocycles. The van der Waals surface area contributed by atoms with Crippen LogP contribution in [0.1, 0.15) is 20.7 Å². The monoisotopic (exact) mass is 457 g/mol. The molecule has 1 N–H and O–H groups in total. The SMILES string of the molecule is COc1ccc(C(=O)NCCN2CCN(C(=O)c3cc(OC)c(OC)c(OC)c3)CC2)cc1. The van der Waals surface area contributed by atoms with Gasteiger partial charge in [0.05, 0.1) is 28.4 Å². The summed E-state index contributed by atoms with van der Waals surface area (Å²) >= 11 is 0. The Morgan fingerprint density at radius 2 is 1.42 bits per heavy atom. The number of carbonyl (C=O) groups excluding carboxylic acids is 2. The van der Waals surface area contributed by atoms with Crippen LogP contribution in [0.2, 0.25) is 0 Å². The first-order valence-corrected chi connectivity index (χ1v) is 10.7. The minimum Gasteiger partial charge on any atom is -0.497 e. The van der Waals surface area contributed by atoms with Crippen molar-refractivity contribution in [3.8, 4) is 23.0 Å². The van der Waals surface area contributed by atoms with Gasteiger partial charge < -0.3 is 29.2 Å². The lowest BCUT2D eigenvalue weighted by atomic mass is 10.1. The molecule has 33 heavy (non-hydrogen) atoms. The van der Waals surface area contributed by atoms with Gasteiger partial charge in [-0.25, -0.2) is 0 Å². The zero-order valence-corrected chi connectivity index (χ0v) is 19.6. The Bertz CT molecular complexity index is 930. The first-order chi connectivity index (χ1) is 16.0. The Kier molecular flexibility index (Phi) is 8.37. The lowest BCUT2D eigenvalue weighted by Crippen LogP contribution is -2.50. The molecule has 0 atom stereocenters. The van der Waals surface area contributed by atoms with E-state index in [4.69, 9.17) is 18.9 Å². The number of carbonyl (C=O) groups is 2. The first-order valence-electron chi connectivity index (χ1n) is 10.7. The van der Waals surface area contributed by atoms with Crippen molar-refractivity contribution < 1.29 is 28.5 Å². The molecule has 1 aliphatic rings. The van der Waals surface area contributed by atoms with E-state index >= 15 is 0 Å². The standard InChI is InChI=1S/C24H31N3O6/c1-30-19-7-5-17(6-8-19)23(28)25-9-10-26-11-13-27(14-12-26)24(29)18-15-20(31-2)22(33-4)21(16-18)32-3/h5-8,15-16H,9-14H2,1-4H3,(H,25,28). The zero-order chi connectivity index (χ0) is 23.8. The highest BCUT2D eigenvalue weighted by Crippen LogP contribution is 2.38. The van der Waals surface area contributed by atoms with E-state index in [9.17, 15) is 9.59 Å². The summed E-state index contributed by atoms with van der Waals surface area (Å²) in [5, 5.41) is 2.94. The molecule has 0 aliphatic carbocycles. The third kappa shape index (κ3) is 5.87. The third-order valence-corrected chi connectivity index (χ3v) is 5.64. The molecule has 9 heteroatoms. The smallest absolute Gasteiger partial charge is 0.254 e. The van der Waals surface area contributed by atoms with Gasteiger partial charge in [0.2, 0.25) is 5.75 Å². The zero-order valence-electron chi connectivity index (χ0n) is 19.6. The summed E-state index contributed by atoms with van der Waals surface area (Å²) in [7, 11) is 6.17. The second kappa shape index (κ2) is 11.4. The average Bonchev–Trinajstić information content (AvgIpc) is 2.87. The van der Waals surface area contributed by atoms with Crippen molar-refractivity contribution >= 4 is 11.8 Å². The van der Waals surface area contributed by atoms with E-state index in [-0.39, 0.29) is 11.8 Å². The maximum Gasteiger partial charge on any atom is 0.254 e. The van der Waals surface area contributed by atoms with Crippen LogP contribution < -0.4 is 24.3 Å². The van der Waals surface area contributed by atoms with Gasteiger partial charge in [-0.3, -0.25) is 14.5 Å². The maximum atomic E-state index is 13.0. The number of amides is 2. The van der Waals surface area contributed by atoms with E-state index in [0.29, 0.717) is 60.3 Å². The molecule has 1 fully saturated rings. The summed E-state index contributed by atoms with van der Waals surface area (Å²) < 4.78 is 21.2. The highest BCUT2D eigenvalue weighted by atomic mass is 16.5. The van der Waals surface area contributed by atoms with E-state index in [1.165, 1.54) is 21.3 Å². The van der Waals surface area contributed by atoms with E-state index in [2.05, 4.69) is 10.2 Å². The van der Waals surface area contributed by atoms with Gasteiger partial charge in [0.25, 0.3) is 11.8 Å². The van der Waals surface area contributed by atoms with Crippen molar-refractivity contribution in [3.63, 3.8) is 0 Å². The molecule has 2 aromatic carbocycles. The number of benzene rings is 2. The predicted octanol–water partition coefficient (Wildman–Crippen LogP) is 1.91. The Labute approximate surface area is 194 Å². The summed E-state index contributed by atoms with van der Waals surface area (Å²) in [6.45, 7) is 3.91. The molecule has 2 amide bonds. The molecule has 0 spiro atoms. The molecule has 178 valence electrons. The molecule has 9 nitrogen and oxygen atoms in total. The van der Waals surface area contributed by atoms with Gasteiger partial charge in [0.15, 0.2) is 11.5 Å². The van der Waals surface area contributed by atoms with Crippen molar-refractivity contribution in [2.75, 3.05) is 67.7 Å². The molecule has 0 unspecified atom stereocenters. The number of rotatable bonds is 9. The van der Waals surface area contributed by atoms with Crippen LogP contribution in [0.3, 0.4) is 0 Å². The minimum atomic E-state index is -0.117. The van der Waals surface area contributed by atoms with Gasteiger partial charge in [-0.1, -0.05) is 0 Å². The van der Waals surface area contributed by atoms with E-state index < -0.39 is 0 Å². The topological polar surface area (TPSA) is 89.6 Å². The Morgan fingerprint density at radius 1 is 0.818 bits per heavy atom. The lowest BCUT2D eigenvalue weighted by Gasteiger charge is -2.34. The predicted molar refractivity (Wildman–Crippen MR) is 124 cm³/mol. The molecule has 0 bridgehead atoms. The number of methoxy groups -OCH3 is 4. The van der Waals surface area contributed by atoms with Crippen molar-refractivity contribution in [1.82, 2.24) is 15.1 Å². The van der Waals surface area contributed by atoms with Crippen LogP contribution in [0, 0.1) is 0 Å². The molecule has 2 aromatic rings. The summed E-state index contributed by atoms with van der Waals surface area (Å²) in [4.78, 5) is 29.4. The van der Waals surface area contributed by atoms with Crippen molar-refractivity contribution in [3.05, 3.63) is 47.5 Å².